The Morgan fingerprint density at radius 2 is 1.85 bits per heavy atom. The molecule has 20 heavy (non-hydrogen) atoms. The Hall–Kier alpha value is -0.470. The van der Waals surface area contributed by atoms with Crippen LogP contribution in [0.15, 0.2) is 9.63 Å². The average molecular weight is 367 g/mol. The summed E-state index contributed by atoms with van der Waals surface area (Å²) in [6.07, 6.45) is 1.57. The molecule has 1 rings (SSSR count). The topological polar surface area (TPSA) is 68.1 Å². The minimum absolute atomic E-state index is 0.0100. The van der Waals surface area contributed by atoms with Crippen molar-refractivity contribution in [2.75, 3.05) is 6.54 Å². The zero-order chi connectivity index (χ0) is 15.5. The quantitative estimate of drug-likeness (QED) is 0.742. The highest BCUT2D eigenvalue weighted by Gasteiger charge is 2.34. The van der Waals surface area contributed by atoms with Crippen LogP contribution in [0.5, 0.6) is 0 Å². The van der Waals surface area contributed by atoms with Crippen LogP contribution < -0.4 is 0 Å². The summed E-state index contributed by atoms with van der Waals surface area (Å²) < 4.78 is 29.0. The summed E-state index contributed by atoms with van der Waals surface area (Å²) in [4.78, 5) is 0. The van der Waals surface area contributed by atoms with Crippen LogP contribution in [0.25, 0.3) is 0 Å². The van der Waals surface area contributed by atoms with E-state index in [1.165, 1.54) is 4.68 Å². The van der Waals surface area contributed by atoms with E-state index >= 15 is 0 Å². The van der Waals surface area contributed by atoms with Crippen molar-refractivity contribution in [3.8, 4) is 0 Å². The molecule has 8 heteroatoms. The van der Waals surface area contributed by atoms with Gasteiger partial charge >= 0.3 is 0 Å². The van der Waals surface area contributed by atoms with E-state index in [-0.39, 0.29) is 21.6 Å². The Bertz CT molecular complexity index is 518. The fourth-order valence-electron chi connectivity index (χ4n) is 2.21. The largest absolute Gasteiger partial charge is 0.263 e. The minimum Gasteiger partial charge on any atom is -0.235 e. The lowest BCUT2D eigenvalue weighted by molar-refractivity contribution is 0.275. The Balaban J connectivity index is 3.31. The summed E-state index contributed by atoms with van der Waals surface area (Å²) in [7, 11) is -2.02. The highest BCUT2D eigenvalue weighted by molar-refractivity contribution is 9.10. The molecule has 0 unspecified atom stereocenters. The van der Waals surface area contributed by atoms with Gasteiger partial charge in [0.1, 0.15) is 0 Å². The van der Waals surface area contributed by atoms with Crippen LogP contribution >= 0.6 is 15.9 Å². The molecular weight excluding hydrogens is 344 g/mol. The van der Waals surface area contributed by atoms with Crippen LogP contribution in [0.2, 0.25) is 0 Å². The third-order valence-electron chi connectivity index (χ3n) is 3.19. The number of hydrogen-bond acceptors (Lipinski definition) is 4. The molecule has 1 aromatic rings. The van der Waals surface area contributed by atoms with Gasteiger partial charge in [0, 0.05) is 19.6 Å². The molecule has 0 spiro atoms. The Kier molecular flexibility index (Phi) is 6.15. The zero-order valence-electron chi connectivity index (χ0n) is 12.7. The van der Waals surface area contributed by atoms with E-state index in [1.807, 2.05) is 27.7 Å². The first-order valence-corrected chi connectivity index (χ1v) is 9.05. The monoisotopic (exact) mass is 366 g/mol. The summed E-state index contributed by atoms with van der Waals surface area (Å²) in [6, 6.07) is -0.0100. The number of halogens is 1. The normalized spacial score (nSPS) is 12.8. The van der Waals surface area contributed by atoms with Crippen LogP contribution in [0.4, 0.5) is 0 Å². The van der Waals surface area contributed by atoms with E-state index in [2.05, 4.69) is 26.2 Å². The smallest absolute Gasteiger partial charge is 0.235 e. The second-order valence-corrected chi connectivity index (χ2v) is 7.80. The molecule has 1 aromatic heterocycles. The summed E-state index contributed by atoms with van der Waals surface area (Å²) in [5.74, 6) is 0.255. The van der Waals surface area contributed by atoms with Crippen LogP contribution in [-0.4, -0.2) is 40.3 Å². The third kappa shape index (κ3) is 3.59. The SMILES string of the molecule is CCC(CC)N(CC(C)C)S(=O)(=O)c1c(Br)nnn1C. The van der Waals surface area contributed by atoms with Gasteiger partial charge in [0.15, 0.2) is 4.60 Å². The van der Waals surface area contributed by atoms with Gasteiger partial charge in [-0.05, 0) is 34.7 Å². The van der Waals surface area contributed by atoms with E-state index in [4.69, 9.17) is 0 Å². The minimum atomic E-state index is -3.61. The lowest BCUT2D eigenvalue weighted by atomic mass is 10.1. The molecule has 0 N–H and O–H groups in total. The van der Waals surface area contributed by atoms with E-state index in [0.29, 0.717) is 6.54 Å². The first-order chi connectivity index (χ1) is 9.25. The molecule has 6 nitrogen and oxygen atoms in total. The van der Waals surface area contributed by atoms with E-state index in [0.717, 1.165) is 12.8 Å². The Morgan fingerprint density at radius 3 is 2.20 bits per heavy atom. The second kappa shape index (κ2) is 7.00. The summed E-state index contributed by atoms with van der Waals surface area (Å²) in [6.45, 7) is 8.54. The molecule has 0 aromatic carbocycles. The first-order valence-electron chi connectivity index (χ1n) is 6.82. The molecule has 0 saturated carbocycles. The molecule has 1 heterocycles. The number of aromatic nitrogens is 3. The number of rotatable bonds is 7. The molecule has 0 aliphatic rings. The lowest BCUT2D eigenvalue weighted by Crippen LogP contribution is -2.42. The molecule has 0 aliphatic carbocycles. The molecule has 0 saturated heterocycles. The third-order valence-corrected chi connectivity index (χ3v) is 5.99. The van der Waals surface area contributed by atoms with Crippen molar-refractivity contribution in [3.05, 3.63) is 4.60 Å². The van der Waals surface area contributed by atoms with Crippen molar-refractivity contribution in [1.82, 2.24) is 19.3 Å². The predicted octanol–water partition coefficient (Wildman–Crippen LogP) is 2.41. The standard InChI is InChI=1S/C12H23BrN4O2S/c1-6-10(7-2)17(8-9(3)4)20(18,19)12-11(13)14-15-16(12)5/h9-10H,6-8H2,1-5H3. The second-order valence-electron chi connectivity index (χ2n) is 5.25. The van der Waals surface area contributed by atoms with Crippen molar-refractivity contribution in [3.63, 3.8) is 0 Å². The van der Waals surface area contributed by atoms with Crippen LogP contribution in [0.3, 0.4) is 0 Å². The maximum Gasteiger partial charge on any atom is 0.263 e. The summed E-state index contributed by atoms with van der Waals surface area (Å²) in [5, 5.41) is 7.66. The van der Waals surface area contributed by atoms with Crippen molar-refractivity contribution in [2.45, 2.75) is 51.6 Å². The zero-order valence-corrected chi connectivity index (χ0v) is 15.1. The number of nitrogens with zero attached hydrogens (tertiary/aromatic N) is 4. The van der Waals surface area contributed by atoms with Gasteiger partial charge in [-0.1, -0.05) is 32.9 Å². The molecule has 0 fully saturated rings. The lowest BCUT2D eigenvalue weighted by Gasteiger charge is -2.30. The van der Waals surface area contributed by atoms with Crippen LogP contribution in [-0.2, 0) is 17.1 Å². The van der Waals surface area contributed by atoms with Crippen molar-refractivity contribution < 1.29 is 8.42 Å². The molecule has 0 atom stereocenters. The van der Waals surface area contributed by atoms with Gasteiger partial charge in [0.2, 0.25) is 5.03 Å². The molecular formula is C12H23BrN4O2S. The van der Waals surface area contributed by atoms with E-state index < -0.39 is 10.0 Å². The molecule has 0 radical (unpaired) electrons. The summed E-state index contributed by atoms with van der Waals surface area (Å²) in [5.41, 5.74) is 0. The Morgan fingerprint density at radius 1 is 1.30 bits per heavy atom. The average Bonchev–Trinajstić information content (AvgIpc) is 2.69. The fraction of sp³-hybridized carbons (Fsp3) is 0.833. The van der Waals surface area contributed by atoms with Crippen molar-refractivity contribution in [2.24, 2.45) is 13.0 Å². The van der Waals surface area contributed by atoms with Gasteiger partial charge in [0.25, 0.3) is 10.0 Å². The molecule has 116 valence electrons. The molecule has 0 aliphatic heterocycles. The van der Waals surface area contributed by atoms with E-state index in [1.54, 1.807) is 11.4 Å². The van der Waals surface area contributed by atoms with Gasteiger partial charge in [-0.3, -0.25) is 0 Å². The first kappa shape index (κ1) is 17.6. The summed E-state index contributed by atoms with van der Waals surface area (Å²) >= 11 is 3.18. The van der Waals surface area contributed by atoms with Gasteiger partial charge in [-0.25, -0.2) is 13.1 Å². The Labute approximate surface area is 129 Å². The fourth-order valence-corrected chi connectivity index (χ4v) is 5.18. The highest BCUT2D eigenvalue weighted by Crippen LogP contribution is 2.26. The van der Waals surface area contributed by atoms with E-state index in [9.17, 15) is 8.42 Å². The number of aryl methyl sites for hydroxylation is 1. The molecule has 0 amide bonds. The van der Waals surface area contributed by atoms with Gasteiger partial charge < -0.3 is 0 Å². The van der Waals surface area contributed by atoms with Gasteiger partial charge in [0.05, 0.1) is 0 Å². The van der Waals surface area contributed by atoms with Crippen LogP contribution in [0.1, 0.15) is 40.5 Å². The highest BCUT2D eigenvalue weighted by atomic mass is 79.9. The number of hydrogen-bond donors (Lipinski definition) is 0. The van der Waals surface area contributed by atoms with Crippen molar-refractivity contribution in [1.29, 1.82) is 0 Å². The predicted molar refractivity (Wildman–Crippen MR) is 81.8 cm³/mol. The number of sulfonamides is 1. The van der Waals surface area contributed by atoms with Crippen molar-refractivity contribution >= 4 is 26.0 Å². The molecule has 0 bridgehead atoms. The van der Waals surface area contributed by atoms with Crippen LogP contribution in [0, 0.1) is 5.92 Å². The maximum absolute atomic E-state index is 12.9. The van der Waals surface area contributed by atoms with Gasteiger partial charge in [-0.15, -0.1) is 5.10 Å². The van der Waals surface area contributed by atoms with Gasteiger partial charge in [-0.2, -0.15) is 4.31 Å². The maximum atomic E-state index is 12.9.